The monoisotopic (exact) mass is 300 g/mol. The van der Waals surface area contributed by atoms with E-state index in [1.54, 1.807) is 7.05 Å². The van der Waals surface area contributed by atoms with Crippen molar-refractivity contribution in [2.24, 2.45) is 4.99 Å². The van der Waals surface area contributed by atoms with Crippen LogP contribution in [-0.2, 0) is 14.3 Å². The second-order valence-electron chi connectivity index (χ2n) is 4.79. The largest absolute Gasteiger partial charge is 0.466 e. The van der Waals surface area contributed by atoms with Crippen molar-refractivity contribution in [3.8, 4) is 0 Å². The van der Waals surface area contributed by atoms with Crippen LogP contribution in [-0.4, -0.2) is 76.4 Å². The second kappa shape index (κ2) is 11.3. The minimum absolute atomic E-state index is 0.144. The minimum atomic E-state index is -0.144. The van der Waals surface area contributed by atoms with E-state index in [-0.39, 0.29) is 5.97 Å². The Balaban J connectivity index is 2.04. The number of hydrogen-bond acceptors (Lipinski definition) is 5. The molecule has 0 aliphatic carbocycles. The van der Waals surface area contributed by atoms with Gasteiger partial charge in [-0.15, -0.1) is 0 Å². The molecule has 7 heteroatoms. The molecule has 0 aromatic heterocycles. The molecule has 1 aliphatic rings. The van der Waals surface area contributed by atoms with Gasteiger partial charge >= 0.3 is 5.97 Å². The summed E-state index contributed by atoms with van der Waals surface area (Å²) in [6.45, 7) is 8.41. The molecule has 1 fully saturated rings. The fraction of sp³-hybridized carbons (Fsp3) is 0.857. The van der Waals surface area contributed by atoms with Crippen molar-refractivity contribution in [3.63, 3.8) is 0 Å². The molecule has 1 saturated heterocycles. The predicted molar refractivity (Wildman–Crippen MR) is 82.5 cm³/mol. The topological polar surface area (TPSA) is 75.2 Å². The summed E-state index contributed by atoms with van der Waals surface area (Å²) in [6.07, 6.45) is 1.18. The third kappa shape index (κ3) is 8.52. The molecule has 1 heterocycles. The molecule has 0 aromatic carbocycles. The van der Waals surface area contributed by atoms with Crippen LogP contribution < -0.4 is 10.6 Å². The van der Waals surface area contributed by atoms with E-state index in [2.05, 4.69) is 20.5 Å². The van der Waals surface area contributed by atoms with Gasteiger partial charge in [0.1, 0.15) is 0 Å². The lowest BCUT2D eigenvalue weighted by Gasteiger charge is -2.26. The van der Waals surface area contributed by atoms with E-state index in [4.69, 9.17) is 9.47 Å². The van der Waals surface area contributed by atoms with Gasteiger partial charge in [0.25, 0.3) is 0 Å². The van der Waals surface area contributed by atoms with Crippen molar-refractivity contribution in [2.75, 3.05) is 59.6 Å². The average Bonchev–Trinajstić information content (AvgIpc) is 2.51. The Hall–Kier alpha value is -1.34. The first-order valence-electron chi connectivity index (χ1n) is 7.66. The zero-order chi connectivity index (χ0) is 15.3. The molecule has 0 aromatic rings. The summed E-state index contributed by atoms with van der Waals surface area (Å²) < 4.78 is 10.2. The number of nitrogens with one attached hydrogen (secondary N) is 2. The molecule has 1 rings (SSSR count). The smallest absolute Gasteiger partial charge is 0.305 e. The van der Waals surface area contributed by atoms with Crippen LogP contribution in [0, 0.1) is 0 Å². The molecular formula is C14H28N4O3. The van der Waals surface area contributed by atoms with Crippen LogP contribution in [0.15, 0.2) is 4.99 Å². The number of hydrogen-bond donors (Lipinski definition) is 2. The molecule has 1 aliphatic heterocycles. The summed E-state index contributed by atoms with van der Waals surface area (Å²) >= 11 is 0. The van der Waals surface area contributed by atoms with Gasteiger partial charge in [0.05, 0.1) is 19.8 Å². The number of nitrogens with zero attached hydrogens (tertiary/aromatic N) is 2. The highest BCUT2D eigenvalue weighted by atomic mass is 16.5. The summed E-state index contributed by atoms with van der Waals surface area (Å²) in [5.41, 5.74) is 0. The Morgan fingerprint density at radius 1 is 1.29 bits per heavy atom. The van der Waals surface area contributed by atoms with Gasteiger partial charge in [-0.1, -0.05) is 0 Å². The molecule has 21 heavy (non-hydrogen) atoms. The van der Waals surface area contributed by atoms with Gasteiger partial charge in [0.2, 0.25) is 0 Å². The van der Waals surface area contributed by atoms with Gasteiger partial charge in [-0.2, -0.15) is 0 Å². The van der Waals surface area contributed by atoms with Crippen molar-refractivity contribution >= 4 is 11.9 Å². The van der Waals surface area contributed by atoms with Gasteiger partial charge < -0.3 is 20.1 Å². The summed E-state index contributed by atoms with van der Waals surface area (Å²) in [4.78, 5) is 17.7. The van der Waals surface area contributed by atoms with E-state index in [1.165, 1.54) is 0 Å². The van der Waals surface area contributed by atoms with E-state index < -0.39 is 0 Å². The van der Waals surface area contributed by atoms with Crippen molar-refractivity contribution in [3.05, 3.63) is 0 Å². The summed E-state index contributed by atoms with van der Waals surface area (Å²) in [7, 11) is 1.75. The lowest BCUT2D eigenvalue weighted by Crippen LogP contribution is -2.44. The molecule has 2 N–H and O–H groups in total. The predicted octanol–water partition coefficient (Wildman–Crippen LogP) is -0.173. The van der Waals surface area contributed by atoms with Gasteiger partial charge in [-0.3, -0.25) is 14.7 Å². The number of guanidine groups is 1. The summed E-state index contributed by atoms with van der Waals surface area (Å²) in [5.74, 6) is 0.627. The Morgan fingerprint density at radius 2 is 2.00 bits per heavy atom. The first-order valence-corrected chi connectivity index (χ1v) is 7.66. The number of carbonyl (C=O) groups excluding carboxylic acids is 1. The van der Waals surface area contributed by atoms with Gasteiger partial charge in [-0.25, -0.2) is 0 Å². The lowest BCUT2D eigenvalue weighted by atomic mass is 10.3. The van der Waals surface area contributed by atoms with Crippen LogP contribution in [0.25, 0.3) is 0 Å². The first kappa shape index (κ1) is 17.7. The van der Waals surface area contributed by atoms with Crippen LogP contribution in [0.2, 0.25) is 0 Å². The maximum absolute atomic E-state index is 11.2. The van der Waals surface area contributed by atoms with E-state index in [1.807, 2.05) is 6.92 Å². The highest BCUT2D eigenvalue weighted by Gasteiger charge is 2.09. The van der Waals surface area contributed by atoms with Gasteiger partial charge in [0.15, 0.2) is 5.96 Å². The molecule has 0 unspecified atom stereocenters. The van der Waals surface area contributed by atoms with Crippen molar-refractivity contribution in [1.82, 2.24) is 15.5 Å². The third-order valence-electron chi connectivity index (χ3n) is 3.20. The normalized spacial score (nSPS) is 16.6. The highest BCUT2D eigenvalue weighted by molar-refractivity contribution is 5.79. The number of aliphatic imine (C=N–C) groups is 1. The number of ether oxygens (including phenoxy) is 2. The number of rotatable bonds is 8. The van der Waals surface area contributed by atoms with Crippen LogP contribution in [0.3, 0.4) is 0 Å². The van der Waals surface area contributed by atoms with Crippen LogP contribution in [0.4, 0.5) is 0 Å². The van der Waals surface area contributed by atoms with Crippen molar-refractivity contribution in [1.29, 1.82) is 0 Å². The lowest BCUT2D eigenvalue weighted by molar-refractivity contribution is -0.143. The van der Waals surface area contributed by atoms with Gasteiger partial charge in [0, 0.05) is 46.2 Å². The Bertz CT molecular complexity index is 317. The average molecular weight is 300 g/mol. The maximum atomic E-state index is 11.2. The van der Waals surface area contributed by atoms with E-state index in [9.17, 15) is 4.79 Å². The van der Waals surface area contributed by atoms with Gasteiger partial charge in [-0.05, 0) is 13.3 Å². The van der Waals surface area contributed by atoms with E-state index >= 15 is 0 Å². The number of morpholine rings is 1. The van der Waals surface area contributed by atoms with Crippen LogP contribution >= 0.6 is 0 Å². The fourth-order valence-corrected chi connectivity index (χ4v) is 2.05. The third-order valence-corrected chi connectivity index (χ3v) is 3.20. The Kier molecular flexibility index (Phi) is 9.56. The maximum Gasteiger partial charge on any atom is 0.305 e. The molecule has 0 atom stereocenters. The Labute approximate surface area is 127 Å². The molecule has 0 amide bonds. The molecule has 0 bridgehead atoms. The SMILES string of the molecule is CCOC(=O)CCCNC(=NC)NCCN1CCOCC1. The van der Waals surface area contributed by atoms with Crippen LogP contribution in [0.1, 0.15) is 19.8 Å². The molecule has 7 nitrogen and oxygen atoms in total. The first-order chi connectivity index (χ1) is 10.3. The molecule has 0 radical (unpaired) electrons. The number of carbonyl (C=O) groups is 1. The molecule has 0 saturated carbocycles. The Morgan fingerprint density at radius 3 is 2.67 bits per heavy atom. The summed E-state index contributed by atoms with van der Waals surface area (Å²) in [6, 6.07) is 0. The van der Waals surface area contributed by atoms with Crippen molar-refractivity contribution < 1.29 is 14.3 Å². The zero-order valence-corrected chi connectivity index (χ0v) is 13.2. The quantitative estimate of drug-likeness (QED) is 0.280. The molecular weight excluding hydrogens is 272 g/mol. The molecule has 122 valence electrons. The zero-order valence-electron chi connectivity index (χ0n) is 13.2. The molecule has 0 spiro atoms. The van der Waals surface area contributed by atoms with Crippen molar-refractivity contribution in [2.45, 2.75) is 19.8 Å². The van der Waals surface area contributed by atoms with E-state index in [0.717, 1.165) is 51.8 Å². The fourth-order valence-electron chi connectivity index (χ4n) is 2.05. The van der Waals surface area contributed by atoms with Crippen LogP contribution in [0.5, 0.6) is 0 Å². The minimum Gasteiger partial charge on any atom is -0.466 e. The standard InChI is InChI=1S/C14H28N4O3/c1-3-21-13(19)5-4-6-16-14(15-2)17-7-8-18-9-11-20-12-10-18/h3-12H2,1-2H3,(H2,15,16,17). The van der Waals surface area contributed by atoms with E-state index in [0.29, 0.717) is 19.6 Å². The second-order valence-corrected chi connectivity index (χ2v) is 4.79. The number of esters is 1. The highest BCUT2D eigenvalue weighted by Crippen LogP contribution is 1.95. The summed E-state index contributed by atoms with van der Waals surface area (Å²) in [5, 5.41) is 6.46.